The van der Waals surface area contributed by atoms with Gasteiger partial charge in [0, 0.05) is 23.5 Å². The van der Waals surface area contributed by atoms with Crippen LogP contribution in [0, 0.1) is 5.41 Å². The minimum Gasteiger partial charge on any atom is -0.323 e. The van der Waals surface area contributed by atoms with E-state index in [0.29, 0.717) is 0 Å². The summed E-state index contributed by atoms with van der Waals surface area (Å²) in [5.74, 6) is 0. The van der Waals surface area contributed by atoms with Gasteiger partial charge in [-0.1, -0.05) is 13.0 Å². The van der Waals surface area contributed by atoms with Gasteiger partial charge in [0.25, 0.3) is 0 Å². The predicted octanol–water partition coefficient (Wildman–Crippen LogP) is 3.08. The second kappa shape index (κ2) is 5.06. The normalized spacial score (nSPS) is 25.3. The van der Waals surface area contributed by atoms with Crippen molar-refractivity contribution in [3.8, 4) is 0 Å². The zero-order valence-corrected chi connectivity index (χ0v) is 13.9. The van der Waals surface area contributed by atoms with Gasteiger partial charge in [0.15, 0.2) is 0 Å². The molecule has 1 aliphatic carbocycles. The number of hydrogen-bond acceptors (Lipinski definition) is 3. The molecule has 3 rings (SSSR count). The quantitative estimate of drug-likeness (QED) is 0.863. The van der Waals surface area contributed by atoms with Crippen LogP contribution < -0.4 is 5.73 Å². The Kier molecular flexibility index (Phi) is 3.61. The number of nitrogens with zero attached hydrogens (tertiary/aromatic N) is 2. The van der Waals surface area contributed by atoms with Gasteiger partial charge in [-0.2, -0.15) is 0 Å². The SMILES string of the molecule is CCc1cnc2c(c1)[C@@H](N)C1(CCN(C(C)(C)C)CC1)C2. The lowest BCUT2D eigenvalue weighted by molar-refractivity contribution is 0.0343. The summed E-state index contributed by atoms with van der Waals surface area (Å²) >= 11 is 0. The Morgan fingerprint density at radius 3 is 2.57 bits per heavy atom. The molecule has 1 saturated heterocycles. The lowest BCUT2D eigenvalue weighted by atomic mass is 9.72. The number of likely N-dealkylation sites (tertiary alicyclic amines) is 1. The van der Waals surface area contributed by atoms with Crippen molar-refractivity contribution in [2.75, 3.05) is 13.1 Å². The van der Waals surface area contributed by atoms with E-state index in [2.05, 4.69) is 38.7 Å². The summed E-state index contributed by atoms with van der Waals surface area (Å²) in [7, 11) is 0. The van der Waals surface area contributed by atoms with Gasteiger partial charge in [0.1, 0.15) is 0 Å². The number of hydrogen-bond donors (Lipinski definition) is 1. The van der Waals surface area contributed by atoms with Crippen molar-refractivity contribution in [2.24, 2.45) is 11.1 Å². The van der Waals surface area contributed by atoms with E-state index in [4.69, 9.17) is 10.7 Å². The lowest BCUT2D eigenvalue weighted by Crippen LogP contribution is -2.51. The molecule has 116 valence electrons. The molecule has 1 spiro atoms. The molecule has 1 aliphatic heterocycles. The first-order valence-electron chi connectivity index (χ1n) is 8.34. The first kappa shape index (κ1) is 15.0. The van der Waals surface area contributed by atoms with Crippen molar-refractivity contribution in [3.63, 3.8) is 0 Å². The van der Waals surface area contributed by atoms with E-state index in [1.54, 1.807) is 0 Å². The van der Waals surface area contributed by atoms with Crippen molar-refractivity contribution in [2.45, 2.75) is 65.0 Å². The third kappa shape index (κ3) is 2.51. The molecule has 2 heterocycles. The number of fused-ring (bicyclic) bond motifs is 1. The Morgan fingerprint density at radius 1 is 1.33 bits per heavy atom. The zero-order chi connectivity index (χ0) is 15.3. The van der Waals surface area contributed by atoms with Gasteiger partial charge in [-0.05, 0) is 76.1 Å². The maximum Gasteiger partial charge on any atom is 0.0457 e. The van der Waals surface area contributed by atoms with Crippen molar-refractivity contribution in [3.05, 3.63) is 29.1 Å². The third-order valence-electron chi connectivity index (χ3n) is 5.69. The summed E-state index contributed by atoms with van der Waals surface area (Å²) in [5.41, 5.74) is 11.1. The van der Waals surface area contributed by atoms with E-state index >= 15 is 0 Å². The number of pyridine rings is 1. The van der Waals surface area contributed by atoms with Gasteiger partial charge < -0.3 is 5.73 Å². The Hall–Kier alpha value is -0.930. The second-order valence-corrected chi connectivity index (χ2v) is 7.91. The van der Waals surface area contributed by atoms with Crippen LogP contribution in [-0.4, -0.2) is 28.5 Å². The molecule has 0 bridgehead atoms. The first-order chi connectivity index (χ1) is 9.86. The van der Waals surface area contributed by atoms with Crippen LogP contribution in [0.1, 0.15) is 63.4 Å². The number of aryl methyl sites for hydroxylation is 1. The molecule has 0 unspecified atom stereocenters. The fraction of sp³-hybridized carbons (Fsp3) is 0.722. The summed E-state index contributed by atoms with van der Waals surface area (Å²) in [6.07, 6.45) is 6.55. The molecule has 1 aromatic heterocycles. The fourth-order valence-electron chi connectivity index (χ4n) is 4.05. The average molecular weight is 287 g/mol. The second-order valence-electron chi connectivity index (χ2n) is 7.91. The highest BCUT2D eigenvalue weighted by Gasteiger charge is 2.47. The maximum atomic E-state index is 6.68. The Balaban J connectivity index is 1.80. The van der Waals surface area contributed by atoms with Crippen LogP contribution in [-0.2, 0) is 12.8 Å². The summed E-state index contributed by atoms with van der Waals surface area (Å²) in [6, 6.07) is 2.48. The van der Waals surface area contributed by atoms with Gasteiger partial charge in [-0.15, -0.1) is 0 Å². The minimum absolute atomic E-state index is 0.175. The molecular formula is C18H29N3. The number of nitrogens with two attached hydrogens (primary N) is 1. The fourth-order valence-corrected chi connectivity index (χ4v) is 4.05. The minimum atomic E-state index is 0.175. The molecular weight excluding hydrogens is 258 g/mol. The number of piperidine rings is 1. The van der Waals surface area contributed by atoms with Crippen molar-refractivity contribution < 1.29 is 0 Å². The van der Waals surface area contributed by atoms with Crippen LogP contribution in [0.3, 0.4) is 0 Å². The predicted molar refractivity (Wildman–Crippen MR) is 87.2 cm³/mol. The summed E-state index contributed by atoms with van der Waals surface area (Å²) in [4.78, 5) is 7.30. The van der Waals surface area contributed by atoms with Crippen molar-refractivity contribution in [1.82, 2.24) is 9.88 Å². The molecule has 1 fully saturated rings. The molecule has 1 aromatic rings. The number of aromatic nitrogens is 1. The van der Waals surface area contributed by atoms with Crippen LogP contribution in [0.4, 0.5) is 0 Å². The highest BCUT2D eigenvalue weighted by molar-refractivity contribution is 5.36. The van der Waals surface area contributed by atoms with Crippen LogP contribution in [0.25, 0.3) is 0 Å². The monoisotopic (exact) mass is 287 g/mol. The van der Waals surface area contributed by atoms with Gasteiger partial charge in [0.2, 0.25) is 0 Å². The lowest BCUT2D eigenvalue weighted by Gasteiger charge is -2.46. The van der Waals surface area contributed by atoms with Crippen LogP contribution >= 0.6 is 0 Å². The topological polar surface area (TPSA) is 42.1 Å². The smallest absolute Gasteiger partial charge is 0.0457 e. The summed E-state index contributed by atoms with van der Waals surface area (Å²) in [5, 5.41) is 0. The van der Waals surface area contributed by atoms with Gasteiger partial charge in [0.05, 0.1) is 0 Å². The molecule has 0 aromatic carbocycles. The summed E-state index contributed by atoms with van der Waals surface area (Å²) in [6.45, 7) is 11.4. The Morgan fingerprint density at radius 2 is 2.00 bits per heavy atom. The van der Waals surface area contributed by atoms with Crippen molar-refractivity contribution >= 4 is 0 Å². The first-order valence-corrected chi connectivity index (χ1v) is 8.34. The molecule has 21 heavy (non-hydrogen) atoms. The Labute approximate surface area is 128 Å². The van der Waals surface area contributed by atoms with E-state index < -0.39 is 0 Å². The largest absolute Gasteiger partial charge is 0.323 e. The highest BCUT2D eigenvalue weighted by atomic mass is 15.2. The van der Waals surface area contributed by atoms with Crippen LogP contribution in [0.15, 0.2) is 12.3 Å². The Bertz CT molecular complexity index is 522. The third-order valence-corrected chi connectivity index (χ3v) is 5.69. The molecule has 0 amide bonds. The van der Waals surface area contributed by atoms with Gasteiger partial charge >= 0.3 is 0 Å². The molecule has 3 heteroatoms. The van der Waals surface area contributed by atoms with E-state index in [0.717, 1.165) is 25.9 Å². The van der Waals surface area contributed by atoms with Crippen LogP contribution in [0.5, 0.6) is 0 Å². The van der Waals surface area contributed by atoms with E-state index in [-0.39, 0.29) is 17.0 Å². The summed E-state index contributed by atoms with van der Waals surface area (Å²) < 4.78 is 0. The van der Waals surface area contributed by atoms with E-state index in [9.17, 15) is 0 Å². The average Bonchev–Trinajstić information content (AvgIpc) is 2.71. The molecule has 0 radical (unpaired) electrons. The zero-order valence-electron chi connectivity index (χ0n) is 13.9. The van der Waals surface area contributed by atoms with Crippen LogP contribution in [0.2, 0.25) is 0 Å². The molecule has 3 nitrogen and oxygen atoms in total. The van der Waals surface area contributed by atoms with Gasteiger partial charge in [-0.25, -0.2) is 0 Å². The molecule has 1 atom stereocenters. The molecule has 2 aliphatic rings. The highest BCUT2D eigenvalue weighted by Crippen LogP contribution is 2.50. The molecule has 0 saturated carbocycles. The van der Waals surface area contributed by atoms with E-state index in [1.165, 1.54) is 29.7 Å². The molecule has 2 N–H and O–H groups in total. The number of rotatable bonds is 1. The van der Waals surface area contributed by atoms with E-state index in [1.807, 2.05) is 6.20 Å². The van der Waals surface area contributed by atoms with Crippen molar-refractivity contribution in [1.29, 1.82) is 0 Å². The maximum absolute atomic E-state index is 6.68. The standard InChI is InChI=1S/C18H29N3/c1-5-13-10-14-15(20-12-13)11-18(16(14)19)6-8-21(9-7-18)17(2,3)4/h10,12,16H,5-9,11,19H2,1-4H3/t16-/m1/s1. The van der Waals surface area contributed by atoms with Gasteiger partial charge in [-0.3, -0.25) is 9.88 Å².